The monoisotopic (exact) mass is 339 g/mol. The first-order valence-electron chi connectivity index (χ1n) is 7.13. The van der Waals surface area contributed by atoms with Crippen LogP contribution in [0.25, 0.3) is 6.08 Å². The number of hydrogen-bond acceptors (Lipinski definition) is 3. The minimum atomic E-state index is 0.00131. The van der Waals surface area contributed by atoms with Gasteiger partial charge in [-0.3, -0.25) is 9.69 Å². The predicted molar refractivity (Wildman–Crippen MR) is 95.5 cm³/mol. The summed E-state index contributed by atoms with van der Waals surface area (Å²) in [5, 5.41) is 0.644. The molecule has 0 unspecified atom stereocenters. The highest BCUT2D eigenvalue weighted by molar-refractivity contribution is 8.26. The van der Waals surface area contributed by atoms with Gasteiger partial charge in [-0.2, -0.15) is 0 Å². The summed E-state index contributed by atoms with van der Waals surface area (Å²) >= 11 is 12.8. The van der Waals surface area contributed by atoms with Gasteiger partial charge in [0.15, 0.2) is 0 Å². The lowest BCUT2D eigenvalue weighted by atomic mass is 10.2. The Kier molecular flexibility index (Phi) is 6.27. The van der Waals surface area contributed by atoms with Crippen LogP contribution in [0.2, 0.25) is 5.02 Å². The van der Waals surface area contributed by atoms with Crippen LogP contribution in [0.3, 0.4) is 0 Å². The largest absolute Gasteiger partial charge is 0.293 e. The van der Waals surface area contributed by atoms with E-state index in [9.17, 15) is 4.79 Å². The van der Waals surface area contributed by atoms with Crippen LogP contribution in [0.5, 0.6) is 0 Å². The molecular formula is C16H18ClNOS2. The van der Waals surface area contributed by atoms with Gasteiger partial charge in [0.2, 0.25) is 0 Å². The molecule has 1 aliphatic heterocycles. The Morgan fingerprint density at radius 3 is 2.76 bits per heavy atom. The van der Waals surface area contributed by atoms with Crippen molar-refractivity contribution >= 4 is 51.9 Å². The van der Waals surface area contributed by atoms with E-state index < -0.39 is 0 Å². The van der Waals surface area contributed by atoms with Gasteiger partial charge in [-0.15, -0.1) is 0 Å². The Bertz CT molecular complexity index is 571. The molecule has 1 heterocycles. The van der Waals surface area contributed by atoms with Gasteiger partial charge in [0, 0.05) is 11.6 Å². The van der Waals surface area contributed by atoms with Crippen molar-refractivity contribution in [2.24, 2.45) is 0 Å². The topological polar surface area (TPSA) is 20.3 Å². The number of carbonyl (C=O) groups excluding carboxylic acids is 1. The van der Waals surface area contributed by atoms with E-state index in [0.717, 1.165) is 18.4 Å². The fourth-order valence-electron chi connectivity index (χ4n) is 2.12. The van der Waals surface area contributed by atoms with Crippen molar-refractivity contribution in [1.29, 1.82) is 0 Å². The smallest absolute Gasteiger partial charge is 0.266 e. The zero-order chi connectivity index (χ0) is 15.2. The molecule has 0 saturated carbocycles. The third-order valence-corrected chi connectivity index (χ3v) is 5.02. The minimum Gasteiger partial charge on any atom is -0.293 e. The molecule has 0 N–H and O–H groups in total. The van der Waals surface area contributed by atoms with Crippen LogP contribution in [0, 0.1) is 0 Å². The number of halogens is 1. The Labute approximate surface area is 140 Å². The Morgan fingerprint density at radius 1 is 1.29 bits per heavy atom. The highest BCUT2D eigenvalue weighted by Gasteiger charge is 2.31. The molecular weight excluding hydrogens is 322 g/mol. The van der Waals surface area contributed by atoms with Crippen LogP contribution in [0.15, 0.2) is 29.2 Å². The normalized spacial score (nSPS) is 17.0. The summed E-state index contributed by atoms with van der Waals surface area (Å²) in [6.07, 6.45) is 6.35. The second-order valence-electron chi connectivity index (χ2n) is 4.92. The van der Waals surface area contributed by atoms with Gasteiger partial charge in [0.05, 0.1) is 4.91 Å². The summed E-state index contributed by atoms with van der Waals surface area (Å²) in [5.41, 5.74) is 0.852. The third-order valence-electron chi connectivity index (χ3n) is 3.30. The highest BCUT2D eigenvalue weighted by Crippen LogP contribution is 2.33. The second-order valence-corrected chi connectivity index (χ2v) is 7.00. The first-order valence-corrected chi connectivity index (χ1v) is 8.73. The molecule has 0 aliphatic carbocycles. The van der Waals surface area contributed by atoms with Gasteiger partial charge < -0.3 is 0 Å². The standard InChI is InChI=1S/C16H18ClNOS2/c1-2-3-4-7-10-18-15(19)14(21-16(18)20)11-12-8-5-6-9-13(12)17/h5-6,8-9,11H,2-4,7,10H2,1H3/b14-11+. The van der Waals surface area contributed by atoms with Crippen molar-refractivity contribution in [2.75, 3.05) is 6.54 Å². The molecule has 112 valence electrons. The van der Waals surface area contributed by atoms with E-state index in [1.807, 2.05) is 30.3 Å². The molecule has 1 aromatic rings. The van der Waals surface area contributed by atoms with Gasteiger partial charge in [-0.05, 0) is 24.1 Å². The maximum Gasteiger partial charge on any atom is 0.266 e. The lowest BCUT2D eigenvalue weighted by Gasteiger charge is -2.13. The number of rotatable bonds is 6. The Morgan fingerprint density at radius 2 is 2.05 bits per heavy atom. The van der Waals surface area contributed by atoms with Gasteiger partial charge in [-0.1, -0.05) is 80.0 Å². The number of benzene rings is 1. The fourth-order valence-corrected chi connectivity index (χ4v) is 3.61. The van der Waals surface area contributed by atoms with E-state index >= 15 is 0 Å². The van der Waals surface area contributed by atoms with Crippen LogP contribution in [-0.2, 0) is 4.79 Å². The summed E-state index contributed by atoms with van der Waals surface area (Å²) in [6.45, 7) is 2.89. The average Bonchev–Trinajstić information content (AvgIpc) is 2.73. The van der Waals surface area contributed by atoms with Gasteiger partial charge in [-0.25, -0.2) is 0 Å². The number of unbranched alkanes of at least 4 members (excludes halogenated alkanes) is 3. The van der Waals surface area contributed by atoms with E-state index in [1.54, 1.807) is 4.90 Å². The van der Waals surface area contributed by atoms with Crippen molar-refractivity contribution in [3.63, 3.8) is 0 Å². The zero-order valence-electron chi connectivity index (χ0n) is 12.0. The molecule has 0 bridgehead atoms. The molecule has 1 saturated heterocycles. The fraction of sp³-hybridized carbons (Fsp3) is 0.375. The van der Waals surface area contributed by atoms with Crippen molar-refractivity contribution in [3.05, 3.63) is 39.8 Å². The van der Waals surface area contributed by atoms with Crippen LogP contribution in [0.4, 0.5) is 0 Å². The molecule has 1 aliphatic rings. The molecule has 1 aromatic carbocycles. The van der Waals surface area contributed by atoms with E-state index in [2.05, 4.69) is 6.92 Å². The third kappa shape index (κ3) is 4.31. The Hall–Kier alpha value is -0.840. The summed E-state index contributed by atoms with van der Waals surface area (Å²) in [5.74, 6) is 0.00131. The molecule has 0 atom stereocenters. The van der Waals surface area contributed by atoms with Gasteiger partial charge >= 0.3 is 0 Å². The lowest BCUT2D eigenvalue weighted by molar-refractivity contribution is -0.122. The van der Waals surface area contributed by atoms with Crippen LogP contribution >= 0.6 is 35.6 Å². The molecule has 2 rings (SSSR count). The summed E-state index contributed by atoms with van der Waals surface area (Å²) in [4.78, 5) is 14.8. The van der Waals surface area contributed by atoms with Crippen LogP contribution < -0.4 is 0 Å². The van der Waals surface area contributed by atoms with E-state index in [-0.39, 0.29) is 5.91 Å². The number of hydrogen-bond donors (Lipinski definition) is 0. The summed E-state index contributed by atoms with van der Waals surface area (Å²) in [7, 11) is 0. The first kappa shape index (κ1) is 16.5. The summed E-state index contributed by atoms with van der Waals surface area (Å²) in [6, 6.07) is 7.50. The maximum atomic E-state index is 12.4. The van der Waals surface area contributed by atoms with Crippen molar-refractivity contribution < 1.29 is 4.79 Å². The zero-order valence-corrected chi connectivity index (χ0v) is 14.4. The number of carbonyl (C=O) groups is 1. The average molecular weight is 340 g/mol. The van der Waals surface area contributed by atoms with E-state index in [1.165, 1.54) is 24.6 Å². The minimum absolute atomic E-state index is 0.00131. The molecule has 1 fully saturated rings. The van der Waals surface area contributed by atoms with Crippen LogP contribution in [0.1, 0.15) is 38.2 Å². The SMILES string of the molecule is CCCCCCN1C(=O)/C(=C\c2ccccc2Cl)SC1=S. The van der Waals surface area contributed by atoms with Crippen molar-refractivity contribution in [3.8, 4) is 0 Å². The number of thioether (sulfide) groups is 1. The first-order chi connectivity index (χ1) is 10.1. The molecule has 0 radical (unpaired) electrons. The number of nitrogens with zero attached hydrogens (tertiary/aromatic N) is 1. The van der Waals surface area contributed by atoms with E-state index in [0.29, 0.717) is 20.8 Å². The summed E-state index contributed by atoms with van der Waals surface area (Å²) < 4.78 is 0.648. The second kappa shape index (κ2) is 7.97. The van der Waals surface area contributed by atoms with Crippen molar-refractivity contribution in [1.82, 2.24) is 4.90 Å². The molecule has 21 heavy (non-hydrogen) atoms. The predicted octanol–water partition coefficient (Wildman–Crippen LogP) is 5.12. The van der Waals surface area contributed by atoms with E-state index in [4.69, 9.17) is 23.8 Å². The molecule has 0 aromatic heterocycles. The maximum absolute atomic E-state index is 12.4. The van der Waals surface area contributed by atoms with Crippen LogP contribution in [-0.4, -0.2) is 21.7 Å². The lowest BCUT2D eigenvalue weighted by Crippen LogP contribution is -2.28. The highest BCUT2D eigenvalue weighted by atomic mass is 35.5. The molecule has 1 amide bonds. The number of thiocarbonyl (C=S) groups is 1. The molecule has 2 nitrogen and oxygen atoms in total. The quantitative estimate of drug-likeness (QED) is 0.407. The molecule has 0 spiro atoms. The number of amides is 1. The van der Waals surface area contributed by atoms with Gasteiger partial charge in [0.25, 0.3) is 5.91 Å². The Balaban J connectivity index is 2.06. The van der Waals surface area contributed by atoms with Gasteiger partial charge in [0.1, 0.15) is 4.32 Å². The van der Waals surface area contributed by atoms with Crippen molar-refractivity contribution in [2.45, 2.75) is 32.6 Å². The molecule has 5 heteroatoms.